The van der Waals surface area contributed by atoms with Gasteiger partial charge in [0.25, 0.3) is 0 Å². The predicted molar refractivity (Wildman–Crippen MR) is 81.3 cm³/mol. The van der Waals surface area contributed by atoms with Gasteiger partial charge < -0.3 is 5.73 Å². The van der Waals surface area contributed by atoms with Crippen LogP contribution in [0.25, 0.3) is 10.4 Å². The van der Waals surface area contributed by atoms with E-state index in [0.29, 0.717) is 5.56 Å². The Morgan fingerprint density at radius 3 is 2.52 bits per heavy atom. The zero-order valence-electron chi connectivity index (χ0n) is 12.0. The molecule has 1 aromatic heterocycles. The van der Waals surface area contributed by atoms with E-state index < -0.39 is 11.7 Å². The molecular formula is C16H18F3NS. The van der Waals surface area contributed by atoms with Crippen LogP contribution in [-0.4, -0.2) is 0 Å². The van der Waals surface area contributed by atoms with Crippen molar-refractivity contribution in [1.29, 1.82) is 0 Å². The highest BCUT2D eigenvalue weighted by atomic mass is 32.1. The molecule has 0 saturated carbocycles. The minimum atomic E-state index is -4.32. The maximum absolute atomic E-state index is 13.0. The lowest BCUT2D eigenvalue weighted by atomic mass is 10.0. The summed E-state index contributed by atoms with van der Waals surface area (Å²) in [6.07, 6.45) is -2.46. The van der Waals surface area contributed by atoms with Crippen molar-refractivity contribution in [2.45, 2.75) is 38.9 Å². The van der Waals surface area contributed by atoms with Gasteiger partial charge in [-0.25, -0.2) is 0 Å². The van der Waals surface area contributed by atoms with Crippen molar-refractivity contribution in [1.82, 2.24) is 0 Å². The van der Waals surface area contributed by atoms with Gasteiger partial charge in [0.05, 0.1) is 5.56 Å². The second kappa shape index (κ2) is 6.20. The third-order valence-corrected chi connectivity index (χ3v) is 4.69. The van der Waals surface area contributed by atoms with Crippen molar-refractivity contribution in [3.63, 3.8) is 0 Å². The second-order valence-corrected chi connectivity index (χ2v) is 6.24. The lowest BCUT2D eigenvalue weighted by molar-refractivity contribution is -0.138. The highest BCUT2D eigenvalue weighted by Crippen LogP contribution is 2.37. The van der Waals surface area contributed by atoms with Crippen molar-refractivity contribution in [3.8, 4) is 10.4 Å². The van der Waals surface area contributed by atoms with E-state index in [1.165, 1.54) is 30.4 Å². The molecule has 21 heavy (non-hydrogen) atoms. The molecule has 2 rings (SSSR count). The van der Waals surface area contributed by atoms with Gasteiger partial charge in [-0.2, -0.15) is 13.2 Å². The summed E-state index contributed by atoms with van der Waals surface area (Å²) in [6.45, 7) is 3.54. The Morgan fingerprint density at radius 2 is 1.90 bits per heavy atom. The topological polar surface area (TPSA) is 26.0 Å². The van der Waals surface area contributed by atoms with E-state index in [1.54, 1.807) is 6.07 Å². The van der Waals surface area contributed by atoms with Gasteiger partial charge in [-0.3, -0.25) is 0 Å². The van der Waals surface area contributed by atoms with Crippen molar-refractivity contribution in [2.24, 2.45) is 5.73 Å². The average Bonchev–Trinajstić information content (AvgIpc) is 2.88. The van der Waals surface area contributed by atoms with E-state index in [1.807, 2.05) is 12.1 Å². The fourth-order valence-corrected chi connectivity index (χ4v) is 3.28. The Hall–Kier alpha value is -1.33. The summed E-state index contributed by atoms with van der Waals surface area (Å²) in [5, 5.41) is 0. The molecule has 0 aliphatic rings. The Morgan fingerprint density at radius 1 is 1.19 bits per heavy atom. The first-order chi connectivity index (χ1) is 9.82. The Balaban J connectivity index is 2.35. The maximum atomic E-state index is 13.0. The molecule has 0 fully saturated rings. The minimum absolute atomic E-state index is 0.0405. The van der Waals surface area contributed by atoms with Gasteiger partial charge in [0.1, 0.15) is 0 Å². The van der Waals surface area contributed by atoms with Gasteiger partial charge in [0, 0.05) is 15.8 Å². The van der Waals surface area contributed by atoms with Crippen molar-refractivity contribution in [3.05, 3.63) is 46.3 Å². The molecule has 0 aliphatic carbocycles. The molecule has 1 atom stereocenters. The number of hydrogen-bond donors (Lipinski definition) is 1. The Kier molecular flexibility index (Phi) is 4.74. The third kappa shape index (κ3) is 3.66. The summed E-state index contributed by atoms with van der Waals surface area (Å²) in [6, 6.07) is 8.18. The van der Waals surface area contributed by atoms with Gasteiger partial charge in [-0.15, -0.1) is 11.3 Å². The number of alkyl halides is 3. The molecule has 1 aromatic carbocycles. The zero-order valence-corrected chi connectivity index (χ0v) is 12.8. The summed E-state index contributed by atoms with van der Waals surface area (Å²) < 4.78 is 38.9. The molecule has 0 radical (unpaired) electrons. The van der Waals surface area contributed by atoms with E-state index in [2.05, 4.69) is 6.92 Å². The van der Waals surface area contributed by atoms with Crippen molar-refractivity contribution >= 4 is 11.3 Å². The van der Waals surface area contributed by atoms with Gasteiger partial charge in [-0.1, -0.05) is 25.5 Å². The number of thiophene rings is 1. The molecule has 2 N–H and O–H groups in total. The zero-order chi connectivity index (χ0) is 15.6. The van der Waals surface area contributed by atoms with Crippen LogP contribution in [0.15, 0.2) is 30.3 Å². The van der Waals surface area contributed by atoms with Crippen LogP contribution in [0.2, 0.25) is 0 Å². The molecule has 0 saturated heterocycles. The quantitative estimate of drug-likeness (QED) is 0.787. The van der Waals surface area contributed by atoms with E-state index in [4.69, 9.17) is 5.73 Å². The smallest absolute Gasteiger partial charge is 0.323 e. The number of hydrogen-bond acceptors (Lipinski definition) is 2. The highest BCUT2D eigenvalue weighted by Gasteiger charge is 2.32. The van der Waals surface area contributed by atoms with Gasteiger partial charge in [0.15, 0.2) is 0 Å². The van der Waals surface area contributed by atoms with Crippen LogP contribution >= 0.6 is 11.3 Å². The van der Waals surface area contributed by atoms with Crippen LogP contribution < -0.4 is 5.73 Å². The van der Waals surface area contributed by atoms with E-state index >= 15 is 0 Å². The van der Waals surface area contributed by atoms with Gasteiger partial charge in [-0.05, 0) is 42.7 Å². The maximum Gasteiger partial charge on any atom is 0.416 e. The Bertz CT molecular complexity index is 616. The molecule has 0 bridgehead atoms. The van der Waals surface area contributed by atoms with Crippen molar-refractivity contribution in [2.75, 3.05) is 0 Å². The van der Waals surface area contributed by atoms with Crippen LogP contribution in [0, 0.1) is 6.92 Å². The highest BCUT2D eigenvalue weighted by molar-refractivity contribution is 7.15. The van der Waals surface area contributed by atoms with Crippen LogP contribution in [0.4, 0.5) is 13.2 Å². The van der Waals surface area contributed by atoms with Crippen LogP contribution in [-0.2, 0) is 6.18 Å². The summed E-state index contributed by atoms with van der Waals surface area (Å²) in [5.41, 5.74) is 6.31. The first-order valence-electron chi connectivity index (χ1n) is 6.86. The number of rotatable bonds is 4. The molecule has 114 valence electrons. The number of halogens is 3. The lowest BCUT2D eigenvalue weighted by Gasteiger charge is -2.11. The standard InChI is InChI=1S/C16H18F3NS/c1-3-4-13(20)15-8-7-14(21-15)11-6-5-10(2)12(9-11)16(17,18)19/h5-9,13H,3-4,20H2,1-2H3. The first kappa shape index (κ1) is 16.0. The number of aryl methyl sites for hydroxylation is 1. The number of nitrogens with two attached hydrogens (primary N) is 1. The largest absolute Gasteiger partial charge is 0.416 e. The fraction of sp³-hybridized carbons (Fsp3) is 0.375. The van der Waals surface area contributed by atoms with E-state index in [-0.39, 0.29) is 11.6 Å². The average molecular weight is 313 g/mol. The molecule has 0 spiro atoms. The van der Waals surface area contributed by atoms with Crippen LogP contribution in [0.5, 0.6) is 0 Å². The molecule has 2 aromatic rings. The molecular weight excluding hydrogens is 295 g/mol. The van der Waals surface area contributed by atoms with Crippen molar-refractivity contribution < 1.29 is 13.2 Å². The SMILES string of the molecule is CCCC(N)c1ccc(-c2ccc(C)c(C(F)(F)F)c2)s1. The van der Waals surface area contributed by atoms with Gasteiger partial charge >= 0.3 is 6.18 Å². The summed E-state index contributed by atoms with van der Waals surface area (Å²) >= 11 is 1.47. The molecule has 1 nitrogen and oxygen atoms in total. The second-order valence-electron chi connectivity index (χ2n) is 5.12. The molecule has 1 unspecified atom stereocenters. The normalized spacial score (nSPS) is 13.4. The third-order valence-electron chi connectivity index (χ3n) is 3.42. The molecule has 5 heteroatoms. The first-order valence-corrected chi connectivity index (χ1v) is 7.68. The summed E-state index contributed by atoms with van der Waals surface area (Å²) in [5.74, 6) is 0. The fourth-order valence-electron chi connectivity index (χ4n) is 2.24. The lowest BCUT2D eigenvalue weighted by Crippen LogP contribution is -2.07. The Labute approximate surface area is 126 Å². The molecule has 1 heterocycles. The van der Waals surface area contributed by atoms with Crippen LogP contribution in [0.3, 0.4) is 0 Å². The monoisotopic (exact) mass is 313 g/mol. The molecule has 0 aliphatic heterocycles. The number of benzene rings is 1. The van der Waals surface area contributed by atoms with E-state index in [9.17, 15) is 13.2 Å². The van der Waals surface area contributed by atoms with Gasteiger partial charge in [0.2, 0.25) is 0 Å². The molecule has 0 amide bonds. The van der Waals surface area contributed by atoms with E-state index in [0.717, 1.165) is 22.6 Å². The minimum Gasteiger partial charge on any atom is -0.323 e. The summed E-state index contributed by atoms with van der Waals surface area (Å²) in [7, 11) is 0. The summed E-state index contributed by atoms with van der Waals surface area (Å²) in [4.78, 5) is 1.84. The predicted octanol–water partition coefficient (Wildman–Crippen LogP) is 5.54. The van der Waals surface area contributed by atoms with Crippen LogP contribution in [0.1, 0.15) is 41.8 Å².